The SMILES string of the molecule is CCOC(OCC)c1nc2nc(NC)ccc2[nH]1. The molecule has 0 fully saturated rings. The molecule has 0 aliphatic heterocycles. The van der Waals surface area contributed by atoms with E-state index < -0.39 is 6.29 Å². The number of ether oxygens (including phenoxy) is 2. The van der Waals surface area contributed by atoms with Crippen LogP contribution in [0, 0.1) is 0 Å². The zero-order valence-corrected chi connectivity index (χ0v) is 10.9. The highest BCUT2D eigenvalue weighted by Crippen LogP contribution is 2.20. The summed E-state index contributed by atoms with van der Waals surface area (Å²) in [5, 5.41) is 2.98. The van der Waals surface area contributed by atoms with E-state index in [0.717, 1.165) is 11.3 Å². The number of rotatable bonds is 6. The van der Waals surface area contributed by atoms with Gasteiger partial charge in [-0.05, 0) is 26.0 Å². The minimum atomic E-state index is -0.466. The van der Waals surface area contributed by atoms with E-state index in [0.29, 0.717) is 24.7 Å². The maximum atomic E-state index is 5.50. The summed E-state index contributed by atoms with van der Waals surface area (Å²) in [4.78, 5) is 11.9. The summed E-state index contributed by atoms with van der Waals surface area (Å²) in [5.41, 5.74) is 1.52. The number of imidazole rings is 1. The zero-order valence-electron chi connectivity index (χ0n) is 10.9. The van der Waals surface area contributed by atoms with Gasteiger partial charge in [-0.1, -0.05) is 0 Å². The van der Waals surface area contributed by atoms with Crippen LogP contribution in [0.2, 0.25) is 0 Å². The minimum Gasteiger partial charge on any atom is -0.373 e. The van der Waals surface area contributed by atoms with E-state index in [1.54, 1.807) is 0 Å². The number of fused-ring (bicyclic) bond motifs is 1. The monoisotopic (exact) mass is 250 g/mol. The largest absolute Gasteiger partial charge is 0.373 e. The van der Waals surface area contributed by atoms with Gasteiger partial charge < -0.3 is 19.8 Å². The Morgan fingerprint density at radius 3 is 2.56 bits per heavy atom. The lowest BCUT2D eigenvalue weighted by Gasteiger charge is -2.13. The molecular weight excluding hydrogens is 232 g/mol. The lowest BCUT2D eigenvalue weighted by molar-refractivity contribution is -0.144. The van der Waals surface area contributed by atoms with Crippen molar-refractivity contribution in [2.45, 2.75) is 20.1 Å². The van der Waals surface area contributed by atoms with Crippen molar-refractivity contribution in [3.05, 3.63) is 18.0 Å². The second-order valence-corrected chi connectivity index (χ2v) is 3.68. The average molecular weight is 250 g/mol. The van der Waals surface area contributed by atoms with E-state index >= 15 is 0 Å². The highest BCUT2D eigenvalue weighted by molar-refractivity contribution is 5.72. The van der Waals surface area contributed by atoms with E-state index in [2.05, 4.69) is 20.3 Å². The molecule has 2 aromatic heterocycles. The van der Waals surface area contributed by atoms with Crippen LogP contribution in [0.4, 0.5) is 5.82 Å². The van der Waals surface area contributed by atoms with Gasteiger partial charge in [0.1, 0.15) is 5.82 Å². The third-order valence-electron chi connectivity index (χ3n) is 2.48. The van der Waals surface area contributed by atoms with Gasteiger partial charge in [-0.25, -0.2) is 9.97 Å². The highest BCUT2D eigenvalue weighted by atomic mass is 16.7. The topological polar surface area (TPSA) is 72.1 Å². The average Bonchev–Trinajstić information content (AvgIpc) is 2.81. The van der Waals surface area contributed by atoms with Gasteiger partial charge in [0.25, 0.3) is 0 Å². The van der Waals surface area contributed by atoms with Crippen molar-refractivity contribution in [3.8, 4) is 0 Å². The number of nitrogens with one attached hydrogen (secondary N) is 2. The van der Waals surface area contributed by atoms with Gasteiger partial charge in [0, 0.05) is 20.3 Å². The molecule has 98 valence electrons. The van der Waals surface area contributed by atoms with Crippen LogP contribution in [-0.4, -0.2) is 35.2 Å². The van der Waals surface area contributed by atoms with Crippen LogP contribution in [0.1, 0.15) is 26.0 Å². The van der Waals surface area contributed by atoms with E-state index in [-0.39, 0.29) is 0 Å². The molecule has 2 heterocycles. The van der Waals surface area contributed by atoms with Crippen LogP contribution in [0.3, 0.4) is 0 Å². The Hall–Kier alpha value is -1.66. The van der Waals surface area contributed by atoms with Crippen molar-refractivity contribution in [1.29, 1.82) is 0 Å². The molecule has 6 nitrogen and oxygen atoms in total. The van der Waals surface area contributed by atoms with Gasteiger partial charge in [0.2, 0.25) is 6.29 Å². The summed E-state index contributed by atoms with van der Waals surface area (Å²) in [6.45, 7) is 4.98. The summed E-state index contributed by atoms with van der Waals surface area (Å²) in [5.74, 6) is 1.43. The Bertz CT molecular complexity index is 506. The smallest absolute Gasteiger partial charge is 0.217 e. The first-order valence-corrected chi connectivity index (χ1v) is 6.06. The molecule has 0 radical (unpaired) electrons. The third kappa shape index (κ3) is 2.60. The molecule has 2 aromatic rings. The van der Waals surface area contributed by atoms with Crippen LogP contribution in [0.15, 0.2) is 12.1 Å². The van der Waals surface area contributed by atoms with E-state index in [4.69, 9.17) is 9.47 Å². The van der Waals surface area contributed by atoms with Crippen LogP contribution < -0.4 is 5.32 Å². The number of hydrogen-bond acceptors (Lipinski definition) is 5. The number of pyridine rings is 1. The number of nitrogens with zero attached hydrogens (tertiary/aromatic N) is 2. The Morgan fingerprint density at radius 1 is 1.22 bits per heavy atom. The second-order valence-electron chi connectivity index (χ2n) is 3.68. The molecule has 0 saturated heterocycles. The molecule has 0 unspecified atom stereocenters. The molecule has 0 aliphatic carbocycles. The van der Waals surface area contributed by atoms with Crippen LogP contribution >= 0.6 is 0 Å². The quantitative estimate of drug-likeness (QED) is 0.768. The number of anilines is 1. The first-order valence-electron chi connectivity index (χ1n) is 6.06. The van der Waals surface area contributed by atoms with Crippen molar-refractivity contribution in [2.24, 2.45) is 0 Å². The van der Waals surface area contributed by atoms with E-state index in [9.17, 15) is 0 Å². The van der Waals surface area contributed by atoms with Gasteiger partial charge in [0.05, 0.1) is 5.52 Å². The standard InChI is InChI=1S/C12H18N4O2/c1-4-17-12(18-5-2)11-14-8-6-7-9(13-3)15-10(8)16-11/h6-7,12H,4-5H2,1-3H3,(H2,13,14,15,16). The molecule has 2 N–H and O–H groups in total. The van der Waals surface area contributed by atoms with Crippen molar-refractivity contribution < 1.29 is 9.47 Å². The molecular formula is C12H18N4O2. The molecule has 2 rings (SSSR count). The molecule has 0 bridgehead atoms. The maximum absolute atomic E-state index is 5.50. The Labute approximate surface area is 106 Å². The van der Waals surface area contributed by atoms with Crippen LogP contribution in [0.25, 0.3) is 11.2 Å². The molecule has 18 heavy (non-hydrogen) atoms. The fraction of sp³-hybridized carbons (Fsp3) is 0.500. The summed E-state index contributed by atoms with van der Waals surface area (Å²) in [6.07, 6.45) is -0.466. The summed E-state index contributed by atoms with van der Waals surface area (Å²) in [7, 11) is 1.82. The predicted molar refractivity (Wildman–Crippen MR) is 69.4 cm³/mol. The van der Waals surface area contributed by atoms with E-state index in [1.807, 2.05) is 33.0 Å². The number of aromatic amines is 1. The van der Waals surface area contributed by atoms with Gasteiger partial charge in [-0.2, -0.15) is 0 Å². The molecule has 6 heteroatoms. The van der Waals surface area contributed by atoms with Crippen molar-refractivity contribution in [3.63, 3.8) is 0 Å². The fourth-order valence-electron chi connectivity index (χ4n) is 1.67. The lowest BCUT2D eigenvalue weighted by Crippen LogP contribution is -2.10. The maximum Gasteiger partial charge on any atom is 0.217 e. The molecule has 0 saturated carbocycles. The second kappa shape index (κ2) is 5.79. The minimum absolute atomic E-state index is 0.466. The molecule has 0 aliphatic rings. The molecule has 0 atom stereocenters. The van der Waals surface area contributed by atoms with Crippen molar-refractivity contribution in [2.75, 3.05) is 25.6 Å². The summed E-state index contributed by atoms with van der Waals surface area (Å²) < 4.78 is 11.0. The number of aromatic nitrogens is 3. The first-order chi connectivity index (χ1) is 8.78. The van der Waals surface area contributed by atoms with E-state index in [1.165, 1.54) is 0 Å². The number of H-pyrrole nitrogens is 1. The Kier molecular flexibility index (Phi) is 4.11. The normalized spacial score (nSPS) is 11.3. The number of hydrogen-bond donors (Lipinski definition) is 2. The van der Waals surface area contributed by atoms with Gasteiger partial charge in [-0.15, -0.1) is 0 Å². The van der Waals surface area contributed by atoms with Crippen molar-refractivity contribution >= 4 is 17.0 Å². The highest BCUT2D eigenvalue weighted by Gasteiger charge is 2.16. The summed E-state index contributed by atoms with van der Waals surface area (Å²) >= 11 is 0. The molecule has 0 amide bonds. The summed E-state index contributed by atoms with van der Waals surface area (Å²) in [6, 6.07) is 3.82. The fourth-order valence-corrected chi connectivity index (χ4v) is 1.67. The van der Waals surface area contributed by atoms with Gasteiger partial charge in [0.15, 0.2) is 11.5 Å². The lowest BCUT2D eigenvalue weighted by atomic mass is 10.4. The third-order valence-corrected chi connectivity index (χ3v) is 2.48. The Balaban J connectivity index is 2.32. The van der Waals surface area contributed by atoms with Gasteiger partial charge in [-0.3, -0.25) is 0 Å². The molecule has 0 spiro atoms. The van der Waals surface area contributed by atoms with Gasteiger partial charge >= 0.3 is 0 Å². The predicted octanol–water partition coefficient (Wildman–Crippen LogP) is 2.07. The Morgan fingerprint density at radius 2 is 1.94 bits per heavy atom. The van der Waals surface area contributed by atoms with Crippen LogP contribution in [0.5, 0.6) is 0 Å². The van der Waals surface area contributed by atoms with Crippen molar-refractivity contribution in [1.82, 2.24) is 15.0 Å². The zero-order chi connectivity index (χ0) is 13.0. The molecule has 0 aromatic carbocycles. The first kappa shape index (κ1) is 12.8. The van der Waals surface area contributed by atoms with Crippen LogP contribution in [-0.2, 0) is 9.47 Å².